The summed E-state index contributed by atoms with van der Waals surface area (Å²) in [6.45, 7) is 2.13. The number of allylic oxidation sites excluding steroid dienone is 1. The number of benzene rings is 1. The van der Waals surface area contributed by atoms with Crippen molar-refractivity contribution < 1.29 is 4.79 Å². The lowest BCUT2D eigenvalue weighted by molar-refractivity contribution is 0.102. The third-order valence-electron chi connectivity index (χ3n) is 6.36. The van der Waals surface area contributed by atoms with Crippen LogP contribution in [0.1, 0.15) is 28.8 Å². The smallest absolute Gasteiger partial charge is 0.257 e. The highest BCUT2D eigenvalue weighted by atomic mass is 16.1. The highest BCUT2D eigenvalue weighted by Crippen LogP contribution is 2.23. The topological polar surface area (TPSA) is 97.2 Å². The van der Waals surface area contributed by atoms with Crippen molar-refractivity contribution in [3.63, 3.8) is 0 Å². The second-order valence-electron chi connectivity index (χ2n) is 8.67. The average molecular weight is 458 g/mol. The molecule has 2 aromatic heterocycles. The molecule has 1 amide bonds. The Balaban J connectivity index is 1.52. The number of nitrogens with zero attached hydrogens (tertiary/aromatic N) is 4. The van der Waals surface area contributed by atoms with Crippen molar-refractivity contribution in [3.8, 4) is 0 Å². The van der Waals surface area contributed by atoms with Gasteiger partial charge in [0.05, 0.1) is 0 Å². The Bertz CT molecular complexity index is 1210. The molecule has 0 radical (unpaired) electrons. The van der Waals surface area contributed by atoms with Crippen LogP contribution >= 0.6 is 0 Å². The number of anilines is 2. The molecule has 1 fully saturated rings. The number of hydrogen-bond acceptors (Lipinski definition) is 7. The molecular weight excluding hydrogens is 426 g/mol. The third-order valence-corrected chi connectivity index (χ3v) is 6.36. The molecule has 1 aliphatic heterocycles. The molecule has 0 spiro atoms. The maximum Gasteiger partial charge on any atom is 0.257 e. The van der Waals surface area contributed by atoms with Crippen molar-refractivity contribution in [3.05, 3.63) is 66.1 Å². The van der Waals surface area contributed by atoms with Gasteiger partial charge in [0.15, 0.2) is 0 Å². The Kier molecular flexibility index (Phi) is 7.18. The van der Waals surface area contributed by atoms with E-state index in [1.807, 2.05) is 37.4 Å². The molecule has 0 aliphatic carbocycles. The number of fused-ring (bicyclic) bond motifs is 1. The predicted octanol–water partition coefficient (Wildman–Crippen LogP) is 3.62. The van der Waals surface area contributed by atoms with E-state index in [1.54, 1.807) is 31.7 Å². The quantitative estimate of drug-likeness (QED) is 0.469. The van der Waals surface area contributed by atoms with Gasteiger partial charge in [-0.15, -0.1) is 0 Å². The summed E-state index contributed by atoms with van der Waals surface area (Å²) in [6.07, 6.45) is 8.68. The molecule has 0 unspecified atom stereocenters. The molecule has 0 saturated carbocycles. The number of aromatic nitrogens is 2. The fourth-order valence-corrected chi connectivity index (χ4v) is 4.26. The fraction of sp³-hybridized carbons (Fsp3) is 0.308. The number of likely N-dealkylation sites (tertiary alicyclic amines) is 1. The number of carbonyl (C=O) groups is 1. The van der Waals surface area contributed by atoms with Crippen LogP contribution < -0.4 is 15.5 Å². The minimum Gasteiger partial charge on any atom is -0.393 e. The normalized spacial score (nSPS) is 15.2. The van der Waals surface area contributed by atoms with E-state index in [2.05, 4.69) is 37.4 Å². The molecule has 1 aliphatic rings. The summed E-state index contributed by atoms with van der Waals surface area (Å²) in [5.41, 5.74) is 2.23. The van der Waals surface area contributed by atoms with Crippen LogP contribution in [0, 0.1) is 5.41 Å². The molecule has 3 aromatic rings. The van der Waals surface area contributed by atoms with Crippen molar-refractivity contribution in [2.45, 2.75) is 18.9 Å². The second kappa shape index (κ2) is 10.4. The van der Waals surface area contributed by atoms with Crippen LogP contribution in [0.15, 0.2) is 55.0 Å². The van der Waals surface area contributed by atoms with E-state index in [4.69, 9.17) is 5.41 Å². The third kappa shape index (κ3) is 5.23. The monoisotopic (exact) mass is 457 g/mol. The van der Waals surface area contributed by atoms with E-state index in [0.29, 0.717) is 17.4 Å². The summed E-state index contributed by atoms with van der Waals surface area (Å²) in [7, 11) is 6.00. The summed E-state index contributed by atoms with van der Waals surface area (Å²) in [6, 6.07) is 11.7. The summed E-state index contributed by atoms with van der Waals surface area (Å²) < 4.78 is 0. The van der Waals surface area contributed by atoms with Gasteiger partial charge in [-0.2, -0.15) is 0 Å². The highest BCUT2D eigenvalue weighted by molar-refractivity contribution is 6.09. The standard InChI is InChI=1S/C26H31N7O/c1-28-16-22(15-27)18-4-5-20-17-30-24(13-21(20)12-18)31-26(34)19-6-9-29-25(14-19)33(3)23-7-10-32(2)11-8-23/h4-6,9,12-17,23,27-28H,7-8,10-11H2,1-3H3,(H,30,31,34)/b22-16+,27-15?. The molecule has 1 saturated heterocycles. The van der Waals surface area contributed by atoms with Gasteiger partial charge in [-0.25, -0.2) is 9.97 Å². The Morgan fingerprint density at radius 3 is 2.65 bits per heavy atom. The van der Waals surface area contributed by atoms with Gasteiger partial charge >= 0.3 is 0 Å². The lowest BCUT2D eigenvalue weighted by atomic mass is 10.0. The number of piperidine rings is 1. The maximum absolute atomic E-state index is 13.0. The van der Waals surface area contributed by atoms with Gasteiger partial charge in [-0.05, 0) is 68.2 Å². The van der Waals surface area contributed by atoms with Crippen molar-refractivity contribution in [2.24, 2.45) is 0 Å². The summed E-state index contributed by atoms with van der Waals surface area (Å²) >= 11 is 0. The number of rotatable bonds is 7. The largest absolute Gasteiger partial charge is 0.393 e. The molecular formula is C26H31N7O. The first-order valence-corrected chi connectivity index (χ1v) is 11.5. The van der Waals surface area contributed by atoms with E-state index in [0.717, 1.165) is 53.7 Å². The average Bonchev–Trinajstić information content (AvgIpc) is 2.87. The van der Waals surface area contributed by atoms with Gasteiger partial charge in [-0.3, -0.25) is 4.79 Å². The first-order valence-electron chi connectivity index (χ1n) is 11.5. The van der Waals surface area contributed by atoms with E-state index in [1.165, 1.54) is 6.21 Å². The SMILES string of the molecule is CN/C=C(\C=N)c1ccc2cnc(NC(=O)c3ccnc(N(C)C4CCN(C)CC4)c3)cc2c1. The molecule has 176 valence electrons. The molecule has 4 rings (SSSR count). The minimum absolute atomic E-state index is 0.223. The van der Waals surface area contributed by atoms with Crippen LogP contribution in [0.5, 0.6) is 0 Å². The Labute approximate surface area is 200 Å². The van der Waals surface area contributed by atoms with Gasteiger partial charge in [0.2, 0.25) is 0 Å². The van der Waals surface area contributed by atoms with E-state index < -0.39 is 0 Å². The first-order chi connectivity index (χ1) is 16.5. The zero-order chi connectivity index (χ0) is 24.1. The Morgan fingerprint density at radius 1 is 1.12 bits per heavy atom. The van der Waals surface area contributed by atoms with Crippen LogP contribution in [0.25, 0.3) is 16.3 Å². The van der Waals surface area contributed by atoms with Crippen LogP contribution in [0.3, 0.4) is 0 Å². The zero-order valence-electron chi connectivity index (χ0n) is 19.9. The number of amides is 1. The zero-order valence-corrected chi connectivity index (χ0v) is 19.9. The molecule has 0 atom stereocenters. The molecule has 8 nitrogen and oxygen atoms in total. The van der Waals surface area contributed by atoms with Gasteiger partial charge in [-0.1, -0.05) is 12.1 Å². The molecule has 8 heteroatoms. The highest BCUT2D eigenvalue weighted by Gasteiger charge is 2.22. The lowest BCUT2D eigenvalue weighted by Gasteiger charge is -2.35. The van der Waals surface area contributed by atoms with Gasteiger partial charge < -0.3 is 25.8 Å². The summed E-state index contributed by atoms with van der Waals surface area (Å²) in [5.74, 6) is 1.05. The number of pyridine rings is 2. The minimum atomic E-state index is -0.223. The molecule has 34 heavy (non-hydrogen) atoms. The number of hydrogen-bond donors (Lipinski definition) is 3. The molecule has 1 aromatic carbocycles. The van der Waals surface area contributed by atoms with E-state index >= 15 is 0 Å². The number of carbonyl (C=O) groups excluding carboxylic acids is 1. The van der Waals surface area contributed by atoms with Crippen LogP contribution in [0.4, 0.5) is 11.6 Å². The lowest BCUT2D eigenvalue weighted by Crippen LogP contribution is -2.42. The van der Waals surface area contributed by atoms with Gasteiger partial charge in [0, 0.05) is 61.5 Å². The van der Waals surface area contributed by atoms with Gasteiger partial charge in [0.25, 0.3) is 5.91 Å². The van der Waals surface area contributed by atoms with Crippen LogP contribution in [-0.4, -0.2) is 67.3 Å². The summed E-state index contributed by atoms with van der Waals surface area (Å²) in [5, 5.41) is 15.4. The molecule has 3 N–H and O–H groups in total. The Hall–Kier alpha value is -3.78. The van der Waals surface area contributed by atoms with Crippen LogP contribution in [-0.2, 0) is 0 Å². The molecule has 3 heterocycles. The van der Waals surface area contributed by atoms with Crippen molar-refractivity contribution in [1.82, 2.24) is 20.2 Å². The molecule has 0 bridgehead atoms. The predicted molar refractivity (Wildman–Crippen MR) is 139 cm³/mol. The maximum atomic E-state index is 13.0. The van der Waals surface area contributed by atoms with Crippen molar-refractivity contribution >= 4 is 40.1 Å². The van der Waals surface area contributed by atoms with Crippen molar-refractivity contribution in [2.75, 3.05) is 44.4 Å². The van der Waals surface area contributed by atoms with E-state index in [9.17, 15) is 4.79 Å². The fourth-order valence-electron chi connectivity index (χ4n) is 4.26. The van der Waals surface area contributed by atoms with Gasteiger partial charge in [0.1, 0.15) is 11.6 Å². The summed E-state index contributed by atoms with van der Waals surface area (Å²) in [4.78, 5) is 26.4. The van der Waals surface area contributed by atoms with E-state index in [-0.39, 0.29) is 5.91 Å². The van der Waals surface area contributed by atoms with Crippen LogP contribution in [0.2, 0.25) is 0 Å². The van der Waals surface area contributed by atoms with Crippen molar-refractivity contribution in [1.29, 1.82) is 5.41 Å². The first kappa shape index (κ1) is 23.4. The Morgan fingerprint density at radius 2 is 1.91 bits per heavy atom. The number of nitrogens with one attached hydrogen (secondary N) is 3. The second-order valence-corrected chi connectivity index (χ2v) is 8.67.